The van der Waals surface area contributed by atoms with E-state index in [1.807, 2.05) is 27.7 Å². The molecule has 2 fully saturated rings. The van der Waals surface area contributed by atoms with Crippen LogP contribution in [0.1, 0.15) is 121 Å². The first-order chi connectivity index (χ1) is 11.4. The minimum Gasteiger partial charge on any atom is -0.0683 e. The van der Waals surface area contributed by atoms with Crippen LogP contribution in [0.4, 0.5) is 0 Å². The average molecular weight is 341 g/mol. The van der Waals surface area contributed by atoms with Gasteiger partial charge in [-0.25, -0.2) is 0 Å². The topological polar surface area (TPSA) is 0 Å². The molecule has 0 aromatic rings. The molecule has 2 rings (SSSR count). The number of hydrogen-bond donors (Lipinski definition) is 0. The smallest absolute Gasteiger partial charge is 0.0391 e. The molecular formula is C24H52. The van der Waals surface area contributed by atoms with Crippen molar-refractivity contribution in [3.8, 4) is 0 Å². The Morgan fingerprint density at radius 3 is 0.833 bits per heavy atom. The molecule has 0 amide bonds. The fraction of sp³-hybridized carbons (Fsp3) is 1.00. The zero-order valence-electron chi connectivity index (χ0n) is 19.1. The molecule has 24 heavy (non-hydrogen) atoms. The van der Waals surface area contributed by atoms with Crippen molar-refractivity contribution in [1.29, 1.82) is 0 Å². The van der Waals surface area contributed by atoms with Gasteiger partial charge in [-0.15, -0.1) is 0 Å². The monoisotopic (exact) mass is 340 g/mol. The summed E-state index contributed by atoms with van der Waals surface area (Å²) in [7, 11) is 0. The largest absolute Gasteiger partial charge is 0.0683 e. The van der Waals surface area contributed by atoms with E-state index in [1.165, 1.54) is 51.4 Å². The Bertz CT molecular complexity index is 198. The molecule has 2 aliphatic rings. The molecule has 0 bridgehead atoms. The van der Waals surface area contributed by atoms with Crippen LogP contribution in [-0.4, -0.2) is 0 Å². The van der Waals surface area contributed by atoms with Gasteiger partial charge in [-0.1, -0.05) is 94.9 Å². The summed E-state index contributed by atoms with van der Waals surface area (Å²) in [5.41, 5.74) is 0. The van der Waals surface area contributed by atoms with Gasteiger partial charge in [0.1, 0.15) is 0 Å². The molecular weight excluding hydrogens is 288 g/mol. The van der Waals surface area contributed by atoms with Gasteiger partial charge in [0, 0.05) is 0 Å². The number of hydrogen-bond acceptors (Lipinski definition) is 0. The van der Waals surface area contributed by atoms with Crippen LogP contribution < -0.4 is 0 Å². The third-order valence-electron chi connectivity index (χ3n) is 6.01. The summed E-state index contributed by atoms with van der Waals surface area (Å²) in [6, 6.07) is 0. The van der Waals surface area contributed by atoms with Crippen molar-refractivity contribution < 1.29 is 0 Å². The molecule has 0 aliphatic heterocycles. The van der Waals surface area contributed by atoms with E-state index in [1.54, 1.807) is 0 Å². The van der Waals surface area contributed by atoms with E-state index in [9.17, 15) is 0 Å². The number of rotatable bonds is 2. The van der Waals surface area contributed by atoms with E-state index in [0.717, 1.165) is 35.5 Å². The van der Waals surface area contributed by atoms with E-state index in [-0.39, 0.29) is 0 Å². The Morgan fingerprint density at radius 1 is 0.458 bits per heavy atom. The minimum atomic E-state index is 0.924. The van der Waals surface area contributed by atoms with Gasteiger partial charge in [-0.3, -0.25) is 0 Å². The van der Waals surface area contributed by atoms with Gasteiger partial charge in [0.2, 0.25) is 0 Å². The van der Waals surface area contributed by atoms with Crippen molar-refractivity contribution in [2.75, 3.05) is 0 Å². The maximum Gasteiger partial charge on any atom is -0.0391 e. The van der Waals surface area contributed by atoms with E-state index in [4.69, 9.17) is 0 Å². The van der Waals surface area contributed by atoms with Gasteiger partial charge >= 0.3 is 0 Å². The molecule has 0 aromatic carbocycles. The second-order valence-electron chi connectivity index (χ2n) is 8.53. The van der Waals surface area contributed by atoms with Crippen LogP contribution in [0.2, 0.25) is 0 Å². The van der Waals surface area contributed by atoms with Gasteiger partial charge in [-0.2, -0.15) is 0 Å². The van der Waals surface area contributed by atoms with Crippen molar-refractivity contribution in [3.05, 3.63) is 0 Å². The summed E-state index contributed by atoms with van der Waals surface area (Å²) >= 11 is 0. The average Bonchev–Trinajstić information content (AvgIpc) is 2.60. The Hall–Kier alpha value is 0. The normalized spacial score (nSPS) is 29.5. The van der Waals surface area contributed by atoms with Gasteiger partial charge in [0.25, 0.3) is 0 Å². The second-order valence-corrected chi connectivity index (χ2v) is 8.53. The van der Waals surface area contributed by atoms with Gasteiger partial charge in [0.15, 0.2) is 0 Å². The summed E-state index contributed by atoms with van der Waals surface area (Å²) in [6.45, 7) is 22.2. The summed E-state index contributed by atoms with van der Waals surface area (Å²) in [5, 5.41) is 0. The first-order valence-corrected chi connectivity index (χ1v) is 11.4. The van der Waals surface area contributed by atoms with Crippen molar-refractivity contribution in [1.82, 2.24) is 0 Å². The van der Waals surface area contributed by atoms with Crippen molar-refractivity contribution in [2.45, 2.75) is 121 Å². The summed E-state index contributed by atoms with van der Waals surface area (Å²) in [5.74, 6) is 5.94. The molecule has 0 aromatic heterocycles. The summed E-state index contributed by atoms with van der Waals surface area (Å²) < 4.78 is 0. The summed E-state index contributed by atoms with van der Waals surface area (Å²) in [4.78, 5) is 0. The Balaban J connectivity index is 0. The van der Waals surface area contributed by atoms with Gasteiger partial charge < -0.3 is 0 Å². The molecule has 0 spiro atoms. The van der Waals surface area contributed by atoms with Crippen LogP contribution in [-0.2, 0) is 0 Å². The predicted molar refractivity (Wildman–Crippen MR) is 115 cm³/mol. The molecule has 0 heterocycles. The Kier molecular flexibility index (Phi) is 18.0. The van der Waals surface area contributed by atoms with Crippen LogP contribution in [0.3, 0.4) is 0 Å². The van der Waals surface area contributed by atoms with Crippen molar-refractivity contribution in [3.63, 3.8) is 0 Å². The predicted octanol–water partition coefficient (Wildman–Crippen LogP) is 8.99. The lowest BCUT2D eigenvalue weighted by Gasteiger charge is -2.28. The first kappa shape index (κ1) is 26.2. The lowest BCUT2D eigenvalue weighted by molar-refractivity contribution is 0.234. The van der Waals surface area contributed by atoms with Crippen LogP contribution in [0, 0.1) is 35.5 Å². The Labute approximate surface area is 156 Å². The highest BCUT2D eigenvalue weighted by Gasteiger charge is 2.20. The van der Waals surface area contributed by atoms with E-state index in [0.29, 0.717) is 0 Å². The van der Waals surface area contributed by atoms with Gasteiger partial charge in [-0.05, 0) is 61.2 Å². The SMILES string of the molecule is CC.CC.CC1CCC(C(C)C)CC1.CC1CCC(C(C)C)CC1. The third kappa shape index (κ3) is 12.4. The maximum absolute atomic E-state index is 2.39. The molecule has 2 aliphatic carbocycles. The fourth-order valence-corrected chi connectivity index (χ4v) is 3.91. The van der Waals surface area contributed by atoms with Crippen LogP contribution in [0.15, 0.2) is 0 Å². The Morgan fingerprint density at radius 2 is 0.667 bits per heavy atom. The molecule has 0 unspecified atom stereocenters. The molecule has 0 heteroatoms. The molecule has 0 radical (unpaired) electrons. The first-order valence-electron chi connectivity index (χ1n) is 11.4. The van der Waals surface area contributed by atoms with Crippen LogP contribution in [0.25, 0.3) is 0 Å². The zero-order valence-corrected chi connectivity index (χ0v) is 19.1. The highest BCUT2D eigenvalue weighted by molar-refractivity contribution is 4.72. The minimum absolute atomic E-state index is 0.924. The quantitative estimate of drug-likeness (QED) is 0.470. The zero-order chi connectivity index (χ0) is 19.1. The standard InChI is InChI=1S/2C10H20.2C2H6/c2*1-8(2)10-6-4-9(3)5-7-10;2*1-2/h2*8-10H,4-7H2,1-3H3;2*1-2H3. The molecule has 148 valence electrons. The van der Waals surface area contributed by atoms with Crippen molar-refractivity contribution >= 4 is 0 Å². The van der Waals surface area contributed by atoms with Crippen LogP contribution in [0.5, 0.6) is 0 Å². The third-order valence-corrected chi connectivity index (χ3v) is 6.01. The lowest BCUT2D eigenvalue weighted by Crippen LogP contribution is -2.16. The molecule has 0 saturated heterocycles. The van der Waals surface area contributed by atoms with E-state index >= 15 is 0 Å². The molecule has 0 N–H and O–H groups in total. The van der Waals surface area contributed by atoms with E-state index in [2.05, 4.69) is 41.5 Å². The van der Waals surface area contributed by atoms with Crippen molar-refractivity contribution in [2.24, 2.45) is 35.5 Å². The highest BCUT2D eigenvalue weighted by atomic mass is 14.3. The molecule has 0 nitrogen and oxygen atoms in total. The fourth-order valence-electron chi connectivity index (χ4n) is 3.91. The summed E-state index contributed by atoms with van der Waals surface area (Å²) in [6.07, 6.45) is 11.8. The highest BCUT2D eigenvalue weighted by Crippen LogP contribution is 2.33. The lowest BCUT2D eigenvalue weighted by atomic mass is 9.78. The molecule has 2 saturated carbocycles. The maximum atomic E-state index is 2.39. The second kappa shape index (κ2) is 16.5. The van der Waals surface area contributed by atoms with Crippen LogP contribution >= 0.6 is 0 Å². The van der Waals surface area contributed by atoms with Gasteiger partial charge in [0.05, 0.1) is 0 Å². The van der Waals surface area contributed by atoms with E-state index < -0.39 is 0 Å². The molecule has 0 atom stereocenters.